The van der Waals surface area contributed by atoms with E-state index in [1.54, 1.807) is 38.1 Å². The van der Waals surface area contributed by atoms with E-state index in [2.05, 4.69) is 5.32 Å². The molecule has 0 fully saturated rings. The van der Waals surface area contributed by atoms with Gasteiger partial charge in [0.05, 0.1) is 5.60 Å². The summed E-state index contributed by atoms with van der Waals surface area (Å²) in [6.07, 6.45) is 0. The van der Waals surface area contributed by atoms with Gasteiger partial charge >= 0.3 is 0 Å². The fraction of sp³-hybridized carbons (Fsp3) is 0.364. The third kappa shape index (κ3) is 4.32. The van der Waals surface area contributed by atoms with Crippen LogP contribution in [0.1, 0.15) is 24.2 Å². The van der Waals surface area contributed by atoms with Gasteiger partial charge in [0.2, 0.25) is 0 Å². The monoisotopic (exact) mass is 227 g/mol. The lowest BCUT2D eigenvalue weighted by atomic mass is 10.1. The zero-order valence-electron chi connectivity index (χ0n) is 8.75. The van der Waals surface area contributed by atoms with Crippen molar-refractivity contribution < 1.29 is 9.90 Å². The molecule has 0 heterocycles. The van der Waals surface area contributed by atoms with E-state index in [1.165, 1.54) is 0 Å². The van der Waals surface area contributed by atoms with Crippen LogP contribution in [-0.2, 0) is 0 Å². The summed E-state index contributed by atoms with van der Waals surface area (Å²) in [4.78, 5) is 11.6. The lowest BCUT2D eigenvalue weighted by Crippen LogP contribution is -2.38. The van der Waals surface area contributed by atoms with Crippen molar-refractivity contribution in [1.82, 2.24) is 5.32 Å². The summed E-state index contributed by atoms with van der Waals surface area (Å²) >= 11 is 5.75. The minimum Gasteiger partial charge on any atom is -0.389 e. The van der Waals surface area contributed by atoms with Gasteiger partial charge in [-0.15, -0.1) is 0 Å². The summed E-state index contributed by atoms with van der Waals surface area (Å²) in [5, 5.41) is 12.6. The first-order valence-corrected chi connectivity index (χ1v) is 5.02. The maximum atomic E-state index is 11.6. The molecule has 0 radical (unpaired) electrons. The van der Waals surface area contributed by atoms with Crippen LogP contribution in [0.4, 0.5) is 0 Å². The largest absolute Gasteiger partial charge is 0.389 e. The van der Waals surface area contributed by atoms with Gasteiger partial charge in [-0.25, -0.2) is 0 Å². The van der Waals surface area contributed by atoms with Gasteiger partial charge in [0, 0.05) is 17.1 Å². The quantitative estimate of drug-likeness (QED) is 0.828. The maximum Gasteiger partial charge on any atom is 0.251 e. The van der Waals surface area contributed by atoms with Gasteiger partial charge in [-0.3, -0.25) is 4.79 Å². The molecular weight excluding hydrogens is 214 g/mol. The molecule has 0 unspecified atom stereocenters. The molecule has 3 nitrogen and oxygen atoms in total. The van der Waals surface area contributed by atoms with E-state index in [-0.39, 0.29) is 12.5 Å². The van der Waals surface area contributed by atoms with Gasteiger partial charge in [0.15, 0.2) is 0 Å². The normalized spacial score (nSPS) is 11.2. The molecule has 1 rings (SSSR count). The summed E-state index contributed by atoms with van der Waals surface area (Å²) in [5.41, 5.74) is -0.416. The third-order valence-corrected chi connectivity index (χ3v) is 2.00. The molecule has 4 heteroatoms. The van der Waals surface area contributed by atoms with Crippen molar-refractivity contribution in [3.05, 3.63) is 34.9 Å². The van der Waals surface area contributed by atoms with Gasteiger partial charge in [0.25, 0.3) is 5.91 Å². The highest BCUT2D eigenvalue weighted by molar-refractivity contribution is 6.30. The molecule has 0 bridgehead atoms. The van der Waals surface area contributed by atoms with Crippen molar-refractivity contribution in [2.45, 2.75) is 19.4 Å². The van der Waals surface area contributed by atoms with Crippen LogP contribution in [0.5, 0.6) is 0 Å². The Morgan fingerprint density at radius 1 is 1.53 bits per heavy atom. The summed E-state index contributed by atoms with van der Waals surface area (Å²) in [6.45, 7) is 3.47. The van der Waals surface area contributed by atoms with Gasteiger partial charge in [-0.1, -0.05) is 17.7 Å². The van der Waals surface area contributed by atoms with Crippen LogP contribution in [0, 0.1) is 0 Å². The van der Waals surface area contributed by atoms with Crippen molar-refractivity contribution in [2.75, 3.05) is 6.54 Å². The van der Waals surface area contributed by atoms with Crippen LogP contribution in [0.25, 0.3) is 0 Å². The van der Waals surface area contributed by atoms with Crippen LogP contribution in [0.3, 0.4) is 0 Å². The number of rotatable bonds is 3. The zero-order valence-corrected chi connectivity index (χ0v) is 9.51. The predicted molar refractivity (Wildman–Crippen MR) is 60.1 cm³/mol. The Balaban J connectivity index is 2.62. The Morgan fingerprint density at radius 3 is 2.73 bits per heavy atom. The Hall–Kier alpha value is -1.06. The molecule has 1 aromatic rings. The van der Waals surface area contributed by atoms with Crippen LogP contribution in [0.2, 0.25) is 5.02 Å². The number of nitrogens with one attached hydrogen (secondary N) is 1. The van der Waals surface area contributed by atoms with E-state index in [1.807, 2.05) is 0 Å². The number of amides is 1. The van der Waals surface area contributed by atoms with Gasteiger partial charge in [0.1, 0.15) is 0 Å². The van der Waals surface area contributed by atoms with Crippen molar-refractivity contribution in [2.24, 2.45) is 0 Å². The first-order chi connectivity index (χ1) is 6.88. The average molecular weight is 228 g/mol. The molecule has 0 spiro atoms. The number of hydrogen-bond donors (Lipinski definition) is 2. The number of aliphatic hydroxyl groups is 1. The maximum absolute atomic E-state index is 11.6. The van der Waals surface area contributed by atoms with Crippen molar-refractivity contribution in [3.8, 4) is 0 Å². The van der Waals surface area contributed by atoms with Crippen LogP contribution in [0.15, 0.2) is 24.3 Å². The van der Waals surface area contributed by atoms with Crippen LogP contribution in [-0.4, -0.2) is 23.2 Å². The number of halogens is 1. The topological polar surface area (TPSA) is 49.3 Å². The van der Waals surface area contributed by atoms with Crippen molar-refractivity contribution in [1.29, 1.82) is 0 Å². The summed E-state index contributed by atoms with van der Waals surface area (Å²) in [6, 6.07) is 6.67. The predicted octanol–water partition coefficient (Wildman–Crippen LogP) is 1.84. The molecule has 0 aliphatic carbocycles. The second-order valence-electron chi connectivity index (χ2n) is 4.01. The van der Waals surface area contributed by atoms with E-state index in [4.69, 9.17) is 11.6 Å². The number of benzene rings is 1. The molecule has 0 aliphatic rings. The molecule has 0 saturated carbocycles. The fourth-order valence-corrected chi connectivity index (χ4v) is 1.22. The Kier molecular flexibility index (Phi) is 3.72. The summed E-state index contributed by atoms with van der Waals surface area (Å²) in [5.74, 6) is -0.236. The lowest BCUT2D eigenvalue weighted by molar-refractivity contribution is 0.0694. The standard InChI is InChI=1S/C11H14ClNO2/c1-11(2,15)7-13-10(14)8-4-3-5-9(12)6-8/h3-6,15H,7H2,1-2H3,(H,13,14). The van der Waals surface area contributed by atoms with E-state index in [0.29, 0.717) is 10.6 Å². The van der Waals surface area contributed by atoms with Crippen LogP contribution < -0.4 is 5.32 Å². The molecule has 82 valence electrons. The van der Waals surface area contributed by atoms with E-state index in [9.17, 15) is 9.90 Å². The first kappa shape index (κ1) is 12.0. The highest BCUT2D eigenvalue weighted by Gasteiger charge is 2.14. The molecule has 0 saturated heterocycles. The van der Waals surface area contributed by atoms with Crippen molar-refractivity contribution >= 4 is 17.5 Å². The zero-order chi connectivity index (χ0) is 11.5. The second-order valence-corrected chi connectivity index (χ2v) is 4.44. The molecule has 1 amide bonds. The van der Waals surface area contributed by atoms with E-state index >= 15 is 0 Å². The molecule has 0 aromatic heterocycles. The van der Waals surface area contributed by atoms with E-state index < -0.39 is 5.60 Å². The number of carbonyl (C=O) groups is 1. The average Bonchev–Trinajstić information content (AvgIpc) is 2.13. The number of carbonyl (C=O) groups excluding carboxylic acids is 1. The minimum atomic E-state index is -0.908. The highest BCUT2D eigenvalue weighted by atomic mass is 35.5. The molecule has 0 aliphatic heterocycles. The Morgan fingerprint density at radius 2 is 2.20 bits per heavy atom. The van der Waals surface area contributed by atoms with Gasteiger partial charge in [-0.05, 0) is 32.0 Å². The smallest absolute Gasteiger partial charge is 0.251 e. The Bertz CT molecular complexity index is 358. The summed E-state index contributed by atoms with van der Waals surface area (Å²) in [7, 11) is 0. The first-order valence-electron chi connectivity index (χ1n) is 4.65. The molecule has 15 heavy (non-hydrogen) atoms. The molecule has 1 aromatic carbocycles. The minimum absolute atomic E-state index is 0.207. The summed E-state index contributed by atoms with van der Waals surface area (Å²) < 4.78 is 0. The third-order valence-electron chi connectivity index (χ3n) is 1.77. The highest BCUT2D eigenvalue weighted by Crippen LogP contribution is 2.10. The molecule has 2 N–H and O–H groups in total. The molecule has 0 atom stereocenters. The fourth-order valence-electron chi connectivity index (χ4n) is 1.03. The Labute approximate surface area is 94.1 Å². The molecular formula is C11H14ClNO2. The second kappa shape index (κ2) is 4.64. The van der Waals surface area contributed by atoms with Gasteiger partial charge < -0.3 is 10.4 Å². The SMILES string of the molecule is CC(C)(O)CNC(=O)c1cccc(Cl)c1. The number of hydrogen-bond acceptors (Lipinski definition) is 2. The lowest BCUT2D eigenvalue weighted by Gasteiger charge is -2.17. The van der Waals surface area contributed by atoms with Crippen LogP contribution >= 0.6 is 11.6 Å². The van der Waals surface area contributed by atoms with Crippen molar-refractivity contribution in [3.63, 3.8) is 0 Å². The van der Waals surface area contributed by atoms with E-state index in [0.717, 1.165) is 0 Å². The van der Waals surface area contributed by atoms with Gasteiger partial charge in [-0.2, -0.15) is 0 Å².